The van der Waals surface area contributed by atoms with E-state index < -0.39 is 29.0 Å². The lowest BCUT2D eigenvalue weighted by Gasteiger charge is -2.10. The molecular formula is C13H7F6NO. The van der Waals surface area contributed by atoms with Crippen LogP contribution in [0.3, 0.4) is 0 Å². The van der Waals surface area contributed by atoms with Crippen molar-refractivity contribution in [2.75, 3.05) is 0 Å². The molecule has 0 atom stereocenters. The Hall–Kier alpha value is -2.25. The first kappa shape index (κ1) is 15.1. The predicted molar refractivity (Wildman–Crippen MR) is 62.5 cm³/mol. The van der Waals surface area contributed by atoms with Crippen molar-refractivity contribution in [2.24, 2.45) is 0 Å². The summed E-state index contributed by atoms with van der Waals surface area (Å²) in [7, 11) is 0. The molecule has 2 rings (SSSR count). The summed E-state index contributed by atoms with van der Waals surface area (Å²) in [6.07, 6.45) is -8.55. The standard InChI is InChI=1S/C13H7F6NO/c14-12(15,16)9-3-1-2-7(4-9)8-5-10(13(17,18)19)11(21)20-6-8/h1-6H,(H,20,21). The number of H-pyrrole nitrogens is 1. The van der Waals surface area contributed by atoms with Crippen molar-refractivity contribution in [2.45, 2.75) is 12.4 Å². The first-order valence-corrected chi connectivity index (χ1v) is 5.56. The van der Waals surface area contributed by atoms with Gasteiger partial charge in [-0.05, 0) is 29.3 Å². The van der Waals surface area contributed by atoms with E-state index in [1.165, 1.54) is 6.07 Å². The van der Waals surface area contributed by atoms with E-state index in [0.29, 0.717) is 12.1 Å². The quantitative estimate of drug-likeness (QED) is 0.791. The summed E-state index contributed by atoms with van der Waals surface area (Å²) in [6.45, 7) is 0. The van der Waals surface area contributed by atoms with E-state index in [9.17, 15) is 31.1 Å². The molecule has 1 heterocycles. The molecule has 1 N–H and O–H groups in total. The van der Waals surface area contributed by atoms with Gasteiger partial charge in [-0.15, -0.1) is 0 Å². The Kier molecular flexibility index (Phi) is 3.56. The van der Waals surface area contributed by atoms with Crippen LogP contribution in [0.2, 0.25) is 0 Å². The Morgan fingerprint density at radius 2 is 1.52 bits per heavy atom. The molecule has 1 aromatic heterocycles. The van der Waals surface area contributed by atoms with Crippen LogP contribution >= 0.6 is 0 Å². The van der Waals surface area contributed by atoms with E-state index in [0.717, 1.165) is 18.3 Å². The Bertz CT molecular complexity index is 714. The van der Waals surface area contributed by atoms with Gasteiger partial charge in [-0.25, -0.2) is 0 Å². The second-order valence-corrected chi connectivity index (χ2v) is 4.21. The molecular weight excluding hydrogens is 300 g/mol. The van der Waals surface area contributed by atoms with Gasteiger partial charge in [-0.2, -0.15) is 26.3 Å². The molecule has 0 fully saturated rings. The van der Waals surface area contributed by atoms with E-state index in [1.807, 2.05) is 4.98 Å². The lowest BCUT2D eigenvalue weighted by molar-refractivity contribution is -0.139. The molecule has 2 aromatic rings. The van der Waals surface area contributed by atoms with Crippen LogP contribution in [0.5, 0.6) is 0 Å². The van der Waals surface area contributed by atoms with Gasteiger partial charge in [0, 0.05) is 6.20 Å². The number of nitrogens with one attached hydrogen (secondary N) is 1. The minimum atomic E-state index is -4.88. The summed E-state index contributed by atoms with van der Waals surface area (Å²) in [5, 5.41) is 0. The average Bonchev–Trinajstić information content (AvgIpc) is 2.37. The van der Waals surface area contributed by atoms with E-state index in [-0.39, 0.29) is 11.1 Å². The maximum Gasteiger partial charge on any atom is 0.421 e. The van der Waals surface area contributed by atoms with Gasteiger partial charge in [0.1, 0.15) is 5.56 Å². The van der Waals surface area contributed by atoms with Gasteiger partial charge < -0.3 is 4.98 Å². The first-order chi connectivity index (χ1) is 9.59. The van der Waals surface area contributed by atoms with Crippen LogP contribution in [0.4, 0.5) is 26.3 Å². The molecule has 0 saturated heterocycles. The Labute approximate surface area is 114 Å². The van der Waals surface area contributed by atoms with Crippen molar-refractivity contribution in [3.63, 3.8) is 0 Å². The number of aromatic amines is 1. The minimum Gasteiger partial charge on any atom is -0.328 e. The normalized spacial score (nSPS) is 12.5. The number of benzene rings is 1. The fourth-order valence-electron chi connectivity index (χ4n) is 1.74. The maximum atomic E-state index is 12.6. The molecule has 2 nitrogen and oxygen atoms in total. The summed E-state index contributed by atoms with van der Waals surface area (Å²) in [6, 6.07) is 4.35. The fraction of sp³-hybridized carbons (Fsp3) is 0.154. The van der Waals surface area contributed by atoms with Crippen molar-refractivity contribution in [1.29, 1.82) is 0 Å². The van der Waals surface area contributed by atoms with Crippen LogP contribution in [-0.2, 0) is 12.4 Å². The number of hydrogen-bond donors (Lipinski definition) is 1. The summed E-state index contributed by atoms with van der Waals surface area (Å²) in [5.41, 5.74) is -4.03. The summed E-state index contributed by atoms with van der Waals surface area (Å²) in [5.74, 6) is 0. The number of alkyl halides is 6. The fourth-order valence-corrected chi connectivity index (χ4v) is 1.74. The van der Waals surface area contributed by atoms with E-state index in [1.54, 1.807) is 0 Å². The highest BCUT2D eigenvalue weighted by molar-refractivity contribution is 5.64. The third-order valence-corrected chi connectivity index (χ3v) is 2.73. The van der Waals surface area contributed by atoms with Crippen LogP contribution < -0.4 is 5.56 Å². The molecule has 0 spiro atoms. The van der Waals surface area contributed by atoms with Gasteiger partial charge in [-0.3, -0.25) is 4.79 Å². The van der Waals surface area contributed by atoms with Crippen molar-refractivity contribution in [3.8, 4) is 11.1 Å². The van der Waals surface area contributed by atoms with Crippen molar-refractivity contribution >= 4 is 0 Å². The molecule has 0 saturated carbocycles. The average molecular weight is 307 g/mol. The summed E-state index contributed by atoms with van der Waals surface area (Å²) in [4.78, 5) is 13.0. The molecule has 112 valence electrons. The van der Waals surface area contributed by atoms with Gasteiger partial charge in [0.2, 0.25) is 0 Å². The molecule has 0 aliphatic rings. The zero-order chi connectivity index (χ0) is 15.8. The van der Waals surface area contributed by atoms with Crippen LogP contribution in [0, 0.1) is 0 Å². The van der Waals surface area contributed by atoms with Crippen LogP contribution in [0.15, 0.2) is 41.3 Å². The van der Waals surface area contributed by atoms with Gasteiger partial charge in [-0.1, -0.05) is 12.1 Å². The molecule has 0 aliphatic carbocycles. The molecule has 8 heteroatoms. The van der Waals surface area contributed by atoms with Crippen LogP contribution in [0.1, 0.15) is 11.1 Å². The number of hydrogen-bond acceptors (Lipinski definition) is 1. The molecule has 21 heavy (non-hydrogen) atoms. The van der Waals surface area contributed by atoms with Crippen molar-refractivity contribution < 1.29 is 26.3 Å². The summed E-state index contributed by atoms with van der Waals surface area (Å²) >= 11 is 0. The van der Waals surface area contributed by atoms with E-state index >= 15 is 0 Å². The van der Waals surface area contributed by atoms with E-state index in [2.05, 4.69) is 0 Å². The zero-order valence-electron chi connectivity index (χ0n) is 10.1. The van der Waals surface area contributed by atoms with Gasteiger partial charge in [0.05, 0.1) is 5.56 Å². The summed E-state index contributed by atoms with van der Waals surface area (Å²) < 4.78 is 75.6. The van der Waals surface area contributed by atoms with E-state index in [4.69, 9.17) is 0 Å². The highest BCUT2D eigenvalue weighted by atomic mass is 19.4. The van der Waals surface area contributed by atoms with Crippen molar-refractivity contribution in [3.05, 3.63) is 58.0 Å². The SMILES string of the molecule is O=c1[nH]cc(-c2cccc(C(F)(F)F)c2)cc1C(F)(F)F. The van der Waals surface area contributed by atoms with Gasteiger partial charge in [0.15, 0.2) is 0 Å². The van der Waals surface area contributed by atoms with Crippen LogP contribution in [-0.4, -0.2) is 4.98 Å². The Balaban J connectivity index is 2.56. The highest BCUT2D eigenvalue weighted by Crippen LogP contribution is 2.33. The zero-order valence-corrected chi connectivity index (χ0v) is 10.1. The van der Waals surface area contributed by atoms with Crippen LogP contribution in [0.25, 0.3) is 11.1 Å². The number of aromatic nitrogens is 1. The number of rotatable bonds is 1. The molecule has 1 aromatic carbocycles. The molecule has 0 amide bonds. The Morgan fingerprint density at radius 3 is 2.10 bits per heavy atom. The monoisotopic (exact) mass is 307 g/mol. The topological polar surface area (TPSA) is 32.9 Å². The second kappa shape index (κ2) is 4.94. The lowest BCUT2D eigenvalue weighted by atomic mass is 10.0. The smallest absolute Gasteiger partial charge is 0.328 e. The maximum absolute atomic E-state index is 12.6. The molecule has 0 radical (unpaired) electrons. The molecule has 0 bridgehead atoms. The third-order valence-electron chi connectivity index (χ3n) is 2.73. The first-order valence-electron chi connectivity index (χ1n) is 5.56. The number of pyridine rings is 1. The number of halogens is 6. The predicted octanol–water partition coefficient (Wildman–Crippen LogP) is 4.08. The second-order valence-electron chi connectivity index (χ2n) is 4.21. The largest absolute Gasteiger partial charge is 0.421 e. The van der Waals surface area contributed by atoms with Gasteiger partial charge in [0.25, 0.3) is 5.56 Å². The molecule has 0 unspecified atom stereocenters. The van der Waals surface area contributed by atoms with Crippen molar-refractivity contribution in [1.82, 2.24) is 4.98 Å². The third kappa shape index (κ3) is 3.26. The lowest BCUT2D eigenvalue weighted by Crippen LogP contribution is -2.21. The van der Waals surface area contributed by atoms with Gasteiger partial charge >= 0.3 is 12.4 Å². The minimum absolute atomic E-state index is 0.0772. The Morgan fingerprint density at radius 1 is 0.857 bits per heavy atom. The highest BCUT2D eigenvalue weighted by Gasteiger charge is 2.34. The molecule has 0 aliphatic heterocycles.